The molecule has 0 heterocycles. The zero-order chi connectivity index (χ0) is 10.8. The maximum Gasteiger partial charge on any atom is 0.143 e. The molecule has 1 aliphatic carbocycles. The molecule has 15 heavy (non-hydrogen) atoms. The topological polar surface area (TPSA) is 20.2 Å². The fourth-order valence-electron chi connectivity index (χ4n) is 2.28. The van der Waals surface area contributed by atoms with Gasteiger partial charge in [-0.2, -0.15) is 0 Å². The van der Waals surface area contributed by atoms with Gasteiger partial charge in [0, 0.05) is 5.56 Å². The van der Waals surface area contributed by atoms with Crippen molar-refractivity contribution in [3.05, 3.63) is 34.1 Å². The van der Waals surface area contributed by atoms with Crippen LogP contribution in [0, 0.1) is 11.7 Å². The highest BCUT2D eigenvalue weighted by atomic mass is 79.9. The molecule has 2 rings (SSSR count). The van der Waals surface area contributed by atoms with Crippen LogP contribution in [0.4, 0.5) is 4.39 Å². The van der Waals surface area contributed by atoms with Crippen LogP contribution in [0.2, 0.25) is 0 Å². The third-order valence-corrected chi connectivity index (χ3v) is 3.76. The number of rotatable bonds is 2. The van der Waals surface area contributed by atoms with Crippen LogP contribution in [-0.4, -0.2) is 5.11 Å². The molecule has 1 aliphatic rings. The van der Waals surface area contributed by atoms with E-state index in [4.69, 9.17) is 0 Å². The Kier molecular flexibility index (Phi) is 3.42. The van der Waals surface area contributed by atoms with Crippen LogP contribution in [0.1, 0.15) is 37.4 Å². The molecule has 1 N–H and O–H groups in total. The smallest absolute Gasteiger partial charge is 0.143 e. The van der Waals surface area contributed by atoms with Crippen molar-refractivity contribution in [3.8, 4) is 0 Å². The summed E-state index contributed by atoms with van der Waals surface area (Å²) in [5.41, 5.74) is 0.427. The van der Waals surface area contributed by atoms with Crippen molar-refractivity contribution in [2.75, 3.05) is 0 Å². The summed E-state index contributed by atoms with van der Waals surface area (Å²) in [4.78, 5) is 0. The fourth-order valence-corrected chi connectivity index (χ4v) is 2.66. The molecule has 0 aliphatic heterocycles. The van der Waals surface area contributed by atoms with Crippen molar-refractivity contribution >= 4 is 15.9 Å². The van der Waals surface area contributed by atoms with E-state index in [-0.39, 0.29) is 11.7 Å². The second kappa shape index (κ2) is 4.62. The molecular weight excluding hydrogens is 259 g/mol. The normalized spacial score (nSPS) is 19.4. The van der Waals surface area contributed by atoms with E-state index in [9.17, 15) is 9.50 Å². The van der Waals surface area contributed by atoms with Crippen LogP contribution in [0.3, 0.4) is 0 Å². The second-order valence-electron chi connectivity index (χ2n) is 4.13. The molecule has 1 aromatic rings. The highest BCUT2D eigenvalue weighted by Crippen LogP contribution is 2.37. The minimum absolute atomic E-state index is 0.230. The Hall–Kier alpha value is -0.410. The Morgan fingerprint density at radius 2 is 2.00 bits per heavy atom. The summed E-state index contributed by atoms with van der Waals surface area (Å²) in [6.45, 7) is 0. The average molecular weight is 273 g/mol. The Balaban J connectivity index is 2.24. The number of aliphatic hydroxyl groups excluding tert-OH is 1. The van der Waals surface area contributed by atoms with Crippen molar-refractivity contribution in [2.24, 2.45) is 5.92 Å². The van der Waals surface area contributed by atoms with Crippen LogP contribution in [0.15, 0.2) is 22.7 Å². The number of aliphatic hydroxyl groups is 1. The van der Waals surface area contributed by atoms with Gasteiger partial charge >= 0.3 is 0 Å². The lowest BCUT2D eigenvalue weighted by Gasteiger charge is -2.18. The zero-order valence-electron chi connectivity index (χ0n) is 8.42. The van der Waals surface area contributed by atoms with Crippen molar-refractivity contribution in [1.82, 2.24) is 0 Å². The average Bonchev–Trinajstić information content (AvgIpc) is 2.74. The molecule has 0 amide bonds. The molecule has 1 fully saturated rings. The van der Waals surface area contributed by atoms with E-state index in [0.29, 0.717) is 10.0 Å². The molecule has 82 valence electrons. The maximum absolute atomic E-state index is 13.7. The Morgan fingerprint density at radius 3 is 2.67 bits per heavy atom. The van der Waals surface area contributed by atoms with Gasteiger partial charge in [-0.25, -0.2) is 4.39 Å². The van der Waals surface area contributed by atoms with Gasteiger partial charge in [0.05, 0.1) is 10.6 Å². The van der Waals surface area contributed by atoms with E-state index in [0.717, 1.165) is 25.7 Å². The number of hydrogen-bond donors (Lipinski definition) is 1. The minimum atomic E-state index is -0.648. The zero-order valence-corrected chi connectivity index (χ0v) is 10.0. The predicted octanol–water partition coefficient (Wildman–Crippen LogP) is 3.81. The molecule has 0 bridgehead atoms. The highest BCUT2D eigenvalue weighted by Gasteiger charge is 2.26. The van der Waals surface area contributed by atoms with Gasteiger partial charge in [0.25, 0.3) is 0 Å². The first kappa shape index (κ1) is 11.1. The molecular formula is C12H14BrFO. The monoisotopic (exact) mass is 272 g/mol. The first-order valence-electron chi connectivity index (χ1n) is 5.32. The van der Waals surface area contributed by atoms with Gasteiger partial charge in [0.15, 0.2) is 0 Å². The van der Waals surface area contributed by atoms with Crippen molar-refractivity contribution in [1.29, 1.82) is 0 Å². The van der Waals surface area contributed by atoms with Crippen LogP contribution < -0.4 is 0 Å². The van der Waals surface area contributed by atoms with Gasteiger partial charge in [-0.15, -0.1) is 0 Å². The van der Waals surface area contributed by atoms with E-state index in [1.165, 1.54) is 0 Å². The first-order valence-corrected chi connectivity index (χ1v) is 6.11. The number of hydrogen-bond acceptors (Lipinski definition) is 1. The minimum Gasteiger partial charge on any atom is -0.388 e. The lowest BCUT2D eigenvalue weighted by molar-refractivity contribution is 0.108. The van der Waals surface area contributed by atoms with Crippen LogP contribution >= 0.6 is 15.9 Å². The van der Waals surface area contributed by atoms with E-state index in [1.807, 2.05) is 0 Å². The molecule has 1 saturated carbocycles. The summed E-state index contributed by atoms with van der Waals surface area (Å²) in [6.07, 6.45) is 3.67. The molecule has 0 saturated heterocycles. The highest BCUT2D eigenvalue weighted by molar-refractivity contribution is 9.10. The lowest BCUT2D eigenvalue weighted by Crippen LogP contribution is -2.10. The molecule has 3 heteroatoms. The van der Waals surface area contributed by atoms with Crippen LogP contribution in [0.5, 0.6) is 0 Å². The van der Waals surface area contributed by atoms with Crippen molar-refractivity contribution in [3.63, 3.8) is 0 Å². The molecule has 0 spiro atoms. The van der Waals surface area contributed by atoms with E-state index >= 15 is 0 Å². The molecule has 1 unspecified atom stereocenters. The summed E-state index contributed by atoms with van der Waals surface area (Å²) >= 11 is 3.14. The third kappa shape index (κ3) is 2.23. The molecule has 1 atom stereocenters. The number of benzene rings is 1. The van der Waals surface area contributed by atoms with Crippen LogP contribution in [0.25, 0.3) is 0 Å². The summed E-state index contributed by atoms with van der Waals surface area (Å²) in [5.74, 6) is -0.0919. The Labute approximate surface area is 97.4 Å². The predicted molar refractivity (Wildman–Crippen MR) is 61.0 cm³/mol. The van der Waals surface area contributed by atoms with Crippen molar-refractivity contribution < 1.29 is 9.50 Å². The Bertz CT molecular complexity index is 347. The fraction of sp³-hybridized carbons (Fsp3) is 0.500. The molecule has 0 aromatic heterocycles. The quantitative estimate of drug-likeness (QED) is 0.868. The molecule has 0 radical (unpaired) electrons. The molecule has 1 nitrogen and oxygen atoms in total. The van der Waals surface area contributed by atoms with Crippen molar-refractivity contribution in [2.45, 2.75) is 31.8 Å². The number of halogens is 2. The van der Waals surface area contributed by atoms with Gasteiger partial charge in [-0.05, 0) is 40.8 Å². The summed E-state index contributed by atoms with van der Waals surface area (Å²) in [6, 6.07) is 5.09. The summed E-state index contributed by atoms with van der Waals surface area (Å²) in [7, 11) is 0. The summed E-state index contributed by atoms with van der Waals surface area (Å²) < 4.78 is 14.1. The summed E-state index contributed by atoms with van der Waals surface area (Å²) in [5, 5.41) is 10.1. The van der Waals surface area contributed by atoms with E-state index < -0.39 is 6.10 Å². The Morgan fingerprint density at radius 1 is 1.33 bits per heavy atom. The van der Waals surface area contributed by atoms with E-state index in [1.54, 1.807) is 18.2 Å². The van der Waals surface area contributed by atoms with Crippen LogP contribution in [-0.2, 0) is 0 Å². The van der Waals surface area contributed by atoms with Gasteiger partial charge in [0.1, 0.15) is 5.82 Å². The SMILES string of the molecule is OC(c1cccc(Br)c1F)C1CCCC1. The molecule has 1 aromatic carbocycles. The van der Waals surface area contributed by atoms with Gasteiger partial charge < -0.3 is 5.11 Å². The van der Waals surface area contributed by atoms with Gasteiger partial charge in [-0.3, -0.25) is 0 Å². The second-order valence-corrected chi connectivity index (χ2v) is 4.99. The largest absolute Gasteiger partial charge is 0.388 e. The van der Waals surface area contributed by atoms with Gasteiger partial charge in [0.2, 0.25) is 0 Å². The van der Waals surface area contributed by atoms with Gasteiger partial charge in [-0.1, -0.05) is 25.0 Å². The first-order chi connectivity index (χ1) is 7.20. The van der Waals surface area contributed by atoms with E-state index in [2.05, 4.69) is 15.9 Å². The third-order valence-electron chi connectivity index (χ3n) is 3.15. The lowest BCUT2D eigenvalue weighted by atomic mass is 9.94. The maximum atomic E-state index is 13.7. The standard InChI is InChI=1S/C12H14BrFO/c13-10-7-3-6-9(11(10)14)12(15)8-4-1-2-5-8/h3,6-8,12,15H,1-2,4-5H2.